The molecule has 3 aromatic rings. The van der Waals surface area contributed by atoms with Crippen molar-refractivity contribution in [1.82, 2.24) is 14.5 Å². The number of esters is 1. The number of rotatable bonds is 7. The van der Waals surface area contributed by atoms with Crippen molar-refractivity contribution in [2.45, 2.75) is 35.1 Å². The Balaban J connectivity index is 1.44. The van der Waals surface area contributed by atoms with Crippen LogP contribution in [-0.4, -0.2) is 49.1 Å². The number of carbonyl (C=O) groups is 1. The Labute approximate surface area is 191 Å². The van der Waals surface area contributed by atoms with Crippen LogP contribution in [0.2, 0.25) is 0 Å². The predicted octanol–water partition coefficient (Wildman–Crippen LogP) is 3.99. The smallest absolute Gasteiger partial charge is 0.337 e. The molecule has 8 nitrogen and oxygen atoms in total. The Bertz CT molecular complexity index is 1190. The molecule has 0 spiro atoms. The van der Waals surface area contributed by atoms with Crippen molar-refractivity contribution in [2.75, 3.05) is 20.2 Å². The van der Waals surface area contributed by atoms with Gasteiger partial charge in [-0.2, -0.15) is 4.31 Å². The normalized spacial score (nSPS) is 14.9. The minimum absolute atomic E-state index is 0.231. The number of sulfonamides is 1. The van der Waals surface area contributed by atoms with Crippen LogP contribution in [0, 0.1) is 0 Å². The van der Waals surface area contributed by atoms with Crippen molar-refractivity contribution in [2.24, 2.45) is 0 Å². The molecule has 0 unspecified atom stereocenters. The molecule has 0 atom stereocenters. The summed E-state index contributed by atoms with van der Waals surface area (Å²) >= 11 is 1.36. The zero-order valence-corrected chi connectivity index (χ0v) is 19.2. The van der Waals surface area contributed by atoms with Crippen molar-refractivity contribution >= 4 is 27.8 Å². The average Bonchev–Trinajstić information content (AvgIpc) is 3.32. The predicted molar refractivity (Wildman–Crippen MR) is 120 cm³/mol. The summed E-state index contributed by atoms with van der Waals surface area (Å²) in [5.41, 5.74) is 2.03. The molecule has 2 heterocycles. The van der Waals surface area contributed by atoms with Gasteiger partial charge in [0.15, 0.2) is 0 Å². The first-order valence-corrected chi connectivity index (χ1v) is 12.6. The lowest BCUT2D eigenvalue weighted by molar-refractivity contribution is 0.0600. The van der Waals surface area contributed by atoms with E-state index in [1.54, 1.807) is 36.4 Å². The van der Waals surface area contributed by atoms with Gasteiger partial charge < -0.3 is 9.15 Å². The topological polar surface area (TPSA) is 103 Å². The first-order chi connectivity index (χ1) is 15.5. The standard InChI is InChI=1S/C22H23N3O5S2/c1-29-21(26)17-10-8-16(9-11-17)15-31-22-24-23-20(30-22)18-6-5-7-19(14-18)32(27,28)25-12-3-2-4-13-25/h5-11,14H,2-4,12-13,15H2,1H3. The molecule has 0 N–H and O–H groups in total. The second-order valence-electron chi connectivity index (χ2n) is 7.34. The van der Waals surface area contributed by atoms with Gasteiger partial charge in [-0.1, -0.05) is 36.4 Å². The highest BCUT2D eigenvalue weighted by molar-refractivity contribution is 7.98. The Hall–Kier alpha value is -2.69. The van der Waals surface area contributed by atoms with E-state index >= 15 is 0 Å². The molecular formula is C22H23N3O5S2. The third kappa shape index (κ3) is 5.03. The van der Waals surface area contributed by atoms with E-state index < -0.39 is 10.0 Å². The van der Waals surface area contributed by atoms with Crippen LogP contribution in [0.5, 0.6) is 0 Å². The van der Waals surface area contributed by atoms with E-state index in [0.29, 0.717) is 35.2 Å². The molecule has 1 aliphatic heterocycles. The van der Waals surface area contributed by atoms with Crippen molar-refractivity contribution in [3.8, 4) is 11.5 Å². The second-order valence-corrected chi connectivity index (χ2v) is 10.2. The zero-order chi connectivity index (χ0) is 22.6. The quantitative estimate of drug-likeness (QED) is 0.375. The highest BCUT2D eigenvalue weighted by Gasteiger charge is 2.26. The van der Waals surface area contributed by atoms with E-state index in [1.807, 2.05) is 12.1 Å². The second kappa shape index (κ2) is 9.85. The molecule has 0 bridgehead atoms. The molecule has 1 saturated heterocycles. The highest BCUT2D eigenvalue weighted by atomic mass is 32.2. The van der Waals surface area contributed by atoms with Crippen molar-refractivity contribution in [3.05, 3.63) is 59.7 Å². The Morgan fingerprint density at radius 1 is 1.09 bits per heavy atom. The van der Waals surface area contributed by atoms with Gasteiger partial charge in [0.2, 0.25) is 15.9 Å². The molecule has 0 radical (unpaired) electrons. The maximum absolute atomic E-state index is 12.9. The molecule has 2 aromatic carbocycles. The van der Waals surface area contributed by atoms with Gasteiger partial charge in [0.1, 0.15) is 0 Å². The number of hydrogen-bond donors (Lipinski definition) is 0. The maximum atomic E-state index is 12.9. The van der Waals surface area contributed by atoms with Gasteiger partial charge >= 0.3 is 5.97 Å². The van der Waals surface area contributed by atoms with E-state index in [9.17, 15) is 13.2 Å². The van der Waals surface area contributed by atoms with Gasteiger partial charge in [0.25, 0.3) is 5.22 Å². The number of carbonyl (C=O) groups excluding carboxylic acids is 1. The van der Waals surface area contributed by atoms with Crippen LogP contribution in [0.3, 0.4) is 0 Å². The number of thioether (sulfide) groups is 1. The summed E-state index contributed by atoms with van der Waals surface area (Å²) in [6.07, 6.45) is 2.83. The Morgan fingerprint density at radius 3 is 2.56 bits per heavy atom. The van der Waals surface area contributed by atoms with Gasteiger partial charge in [-0.05, 0) is 48.7 Å². The number of benzene rings is 2. The van der Waals surface area contributed by atoms with E-state index in [1.165, 1.54) is 23.2 Å². The SMILES string of the molecule is COC(=O)c1ccc(CSc2nnc(-c3cccc(S(=O)(=O)N4CCCCC4)c3)o2)cc1. The number of hydrogen-bond acceptors (Lipinski definition) is 8. The zero-order valence-electron chi connectivity index (χ0n) is 17.6. The van der Waals surface area contributed by atoms with Crippen LogP contribution in [0.15, 0.2) is 63.1 Å². The summed E-state index contributed by atoms with van der Waals surface area (Å²) in [5.74, 6) is 0.464. The van der Waals surface area contributed by atoms with Gasteiger partial charge in [-0.15, -0.1) is 10.2 Å². The van der Waals surface area contributed by atoms with Crippen LogP contribution < -0.4 is 0 Å². The maximum Gasteiger partial charge on any atom is 0.337 e. The average molecular weight is 474 g/mol. The van der Waals surface area contributed by atoms with Crippen LogP contribution >= 0.6 is 11.8 Å². The molecule has 10 heteroatoms. The van der Waals surface area contributed by atoms with Gasteiger partial charge in [-0.3, -0.25) is 0 Å². The van der Waals surface area contributed by atoms with Gasteiger partial charge in [0.05, 0.1) is 17.6 Å². The first-order valence-electron chi connectivity index (χ1n) is 10.2. The molecule has 1 fully saturated rings. The lowest BCUT2D eigenvalue weighted by atomic mass is 10.1. The number of aromatic nitrogens is 2. The van der Waals surface area contributed by atoms with E-state index in [2.05, 4.69) is 10.2 Å². The first kappa shape index (κ1) is 22.5. The molecule has 0 amide bonds. The van der Waals surface area contributed by atoms with Gasteiger partial charge in [0, 0.05) is 24.4 Å². The van der Waals surface area contributed by atoms with E-state index in [4.69, 9.17) is 9.15 Å². The largest absolute Gasteiger partial charge is 0.465 e. The van der Waals surface area contributed by atoms with E-state index in [0.717, 1.165) is 24.8 Å². The lowest BCUT2D eigenvalue weighted by Gasteiger charge is -2.25. The van der Waals surface area contributed by atoms with Crippen LogP contribution in [0.1, 0.15) is 35.2 Å². The molecule has 1 aromatic heterocycles. The fourth-order valence-corrected chi connectivity index (χ4v) is 5.71. The third-order valence-corrected chi connectivity index (χ3v) is 7.96. The minimum atomic E-state index is -3.54. The minimum Gasteiger partial charge on any atom is -0.465 e. The third-order valence-electron chi connectivity index (χ3n) is 5.18. The lowest BCUT2D eigenvalue weighted by Crippen LogP contribution is -2.35. The fourth-order valence-electron chi connectivity index (χ4n) is 3.43. The van der Waals surface area contributed by atoms with Crippen LogP contribution in [0.4, 0.5) is 0 Å². The molecular weight excluding hydrogens is 450 g/mol. The molecule has 32 heavy (non-hydrogen) atoms. The number of piperidine rings is 1. The molecule has 1 aliphatic rings. The summed E-state index contributed by atoms with van der Waals surface area (Å²) in [7, 11) is -2.19. The Morgan fingerprint density at radius 2 is 1.84 bits per heavy atom. The molecule has 0 aliphatic carbocycles. The van der Waals surface area contributed by atoms with Gasteiger partial charge in [-0.25, -0.2) is 13.2 Å². The summed E-state index contributed by atoms with van der Waals surface area (Å²) in [5, 5.41) is 8.51. The molecule has 168 valence electrons. The number of nitrogens with zero attached hydrogens (tertiary/aromatic N) is 3. The van der Waals surface area contributed by atoms with Crippen LogP contribution in [-0.2, 0) is 20.5 Å². The van der Waals surface area contributed by atoms with Crippen molar-refractivity contribution in [1.29, 1.82) is 0 Å². The Kier molecular flexibility index (Phi) is 6.92. The number of methoxy groups -OCH3 is 1. The van der Waals surface area contributed by atoms with E-state index in [-0.39, 0.29) is 16.8 Å². The highest BCUT2D eigenvalue weighted by Crippen LogP contribution is 2.28. The summed E-state index contributed by atoms with van der Waals surface area (Å²) < 4.78 is 37.9. The summed E-state index contributed by atoms with van der Waals surface area (Å²) in [6.45, 7) is 1.10. The van der Waals surface area contributed by atoms with Crippen molar-refractivity contribution < 1.29 is 22.4 Å². The molecule has 4 rings (SSSR count). The van der Waals surface area contributed by atoms with Crippen LogP contribution in [0.25, 0.3) is 11.5 Å². The van der Waals surface area contributed by atoms with Crippen molar-refractivity contribution in [3.63, 3.8) is 0 Å². The summed E-state index contributed by atoms with van der Waals surface area (Å²) in [6, 6.07) is 13.7. The number of ether oxygens (including phenoxy) is 1. The summed E-state index contributed by atoms with van der Waals surface area (Å²) in [4.78, 5) is 11.7. The molecule has 0 saturated carbocycles. The fraction of sp³-hybridized carbons (Fsp3) is 0.318. The monoisotopic (exact) mass is 473 g/mol.